The molecule has 3 aliphatic rings. The molecule has 3 aliphatic carbocycles. The lowest BCUT2D eigenvalue weighted by Gasteiger charge is -2.50. The Morgan fingerprint density at radius 3 is 2.34 bits per heavy atom. The van der Waals surface area contributed by atoms with Gasteiger partial charge in [-0.15, -0.1) is 0 Å². The molecule has 4 atom stereocenters. The molecule has 1 saturated carbocycles. The molecular weight excluding hydrogens is 414 g/mol. The van der Waals surface area contributed by atoms with Gasteiger partial charge in [-0.05, 0) is 50.6 Å². The van der Waals surface area contributed by atoms with Gasteiger partial charge in [-0.2, -0.15) is 5.26 Å². The van der Waals surface area contributed by atoms with E-state index in [0.717, 1.165) is 5.69 Å². The molecule has 0 amide bonds. The number of phenolic OH excluding ortho intramolecular Hbond substituents is 1. The lowest BCUT2D eigenvalue weighted by molar-refractivity contribution is -0.152. The van der Waals surface area contributed by atoms with E-state index in [2.05, 4.69) is 0 Å². The number of hydrogen-bond donors (Lipinski definition) is 4. The Bertz CT molecular complexity index is 1160. The number of likely N-dealkylation sites (N-methyl/N-ethyl adjacent to an activating group) is 1. The highest BCUT2D eigenvalue weighted by Gasteiger charge is 2.63. The number of rotatable bonds is 2. The summed E-state index contributed by atoms with van der Waals surface area (Å²) in [4.78, 5) is 29.9. The van der Waals surface area contributed by atoms with Gasteiger partial charge in [-0.3, -0.25) is 14.5 Å². The highest BCUT2D eigenvalue weighted by molar-refractivity contribution is 6.15. The summed E-state index contributed by atoms with van der Waals surface area (Å²) in [6, 6.07) is 3.74. The number of aromatic hydroxyl groups is 1. The number of carbonyl (C=O) groups excluding carboxylic acids is 2. The van der Waals surface area contributed by atoms with Crippen molar-refractivity contribution < 1.29 is 30.0 Å². The van der Waals surface area contributed by atoms with Crippen LogP contribution in [0.25, 0.3) is 5.76 Å². The van der Waals surface area contributed by atoms with Crippen LogP contribution in [0.5, 0.6) is 5.75 Å². The van der Waals surface area contributed by atoms with Crippen LogP contribution in [-0.2, 0) is 16.0 Å². The number of nitriles is 1. The fourth-order valence-electron chi connectivity index (χ4n) is 5.52. The first kappa shape index (κ1) is 21.9. The molecule has 0 unspecified atom stereocenters. The molecule has 32 heavy (non-hydrogen) atoms. The molecule has 1 aromatic carbocycles. The number of phenols is 1. The molecule has 0 heterocycles. The average Bonchev–Trinajstić information content (AvgIpc) is 2.70. The second-order valence-electron chi connectivity index (χ2n) is 9.06. The smallest absolute Gasteiger partial charge is 0.202 e. The van der Waals surface area contributed by atoms with E-state index in [4.69, 9.17) is 0 Å². The van der Waals surface area contributed by atoms with Crippen molar-refractivity contribution in [1.82, 2.24) is 4.90 Å². The minimum Gasteiger partial charge on any atom is -0.507 e. The van der Waals surface area contributed by atoms with Crippen LogP contribution in [0.2, 0.25) is 0 Å². The van der Waals surface area contributed by atoms with E-state index in [1.54, 1.807) is 26.2 Å². The van der Waals surface area contributed by atoms with Crippen LogP contribution >= 0.6 is 0 Å². The Hall–Kier alpha value is -3.35. The molecule has 0 saturated heterocycles. The number of nitrogens with zero attached hydrogens (tertiary/aromatic N) is 3. The van der Waals surface area contributed by atoms with Gasteiger partial charge in [-0.1, -0.05) is 0 Å². The van der Waals surface area contributed by atoms with Crippen molar-refractivity contribution in [3.63, 3.8) is 0 Å². The van der Waals surface area contributed by atoms with E-state index >= 15 is 0 Å². The highest BCUT2D eigenvalue weighted by Crippen LogP contribution is 2.53. The minimum absolute atomic E-state index is 0.109. The van der Waals surface area contributed by atoms with Crippen molar-refractivity contribution in [2.45, 2.75) is 24.5 Å². The zero-order valence-corrected chi connectivity index (χ0v) is 18.2. The second-order valence-corrected chi connectivity index (χ2v) is 9.06. The summed E-state index contributed by atoms with van der Waals surface area (Å²) in [5.74, 6) is -4.82. The van der Waals surface area contributed by atoms with Crippen molar-refractivity contribution in [3.05, 3.63) is 40.2 Å². The van der Waals surface area contributed by atoms with Crippen LogP contribution in [0.1, 0.15) is 17.5 Å². The lowest BCUT2D eigenvalue weighted by Crippen LogP contribution is -2.65. The van der Waals surface area contributed by atoms with E-state index in [9.17, 15) is 35.3 Å². The molecule has 1 fully saturated rings. The van der Waals surface area contributed by atoms with Crippen LogP contribution in [0.15, 0.2) is 29.0 Å². The van der Waals surface area contributed by atoms with E-state index in [1.165, 1.54) is 11.0 Å². The van der Waals surface area contributed by atoms with Gasteiger partial charge in [0.05, 0.1) is 11.6 Å². The van der Waals surface area contributed by atoms with E-state index < -0.39 is 52.1 Å². The van der Waals surface area contributed by atoms with Gasteiger partial charge in [-0.25, -0.2) is 0 Å². The summed E-state index contributed by atoms with van der Waals surface area (Å²) in [6.07, 6.45) is 0.403. The van der Waals surface area contributed by atoms with Gasteiger partial charge in [0.1, 0.15) is 23.2 Å². The maximum Gasteiger partial charge on any atom is 0.202 e. The van der Waals surface area contributed by atoms with Crippen molar-refractivity contribution in [1.29, 1.82) is 5.26 Å². The third-order valence-corrected chi connectivity index (χ3v) is 6.93. The van der Waals surface area contributed by atoms with Crippen LogP contribution in [0.4, 0.5) is 5.69 Å². The van der Waals surface area contributed by atoms with Crippen molar-refractivity contribution >= 4 is 23.0 Å². The fourth-order valence-corrected chi connectivity index (χ4v) is 5.52. The Morgan fingerprint density at radius 2 is 1.78 bits per heavy atom. The van der Waals surface area contributed by atoms with Gasteiger partial charge in [0.15, 0.2) is 17.1 Å². The Kier molecular flexibility index (Phi) is 4.84. The number of aliphatic hydroxyl groups excluding tert-OH is 2. The van der Waals surface area contributed by atoms with E-state index in [1.807, 2.05) is 19.0 Å². The number of ketones is 2. The molecule has 9 nitrogen and oxygen atoms in total. The predicted octanol–water partition coefficient (Wildman–Crippen LogP) is 1.07. The van der Waals surface area contributed by atoms with Crippen LogP contribution in [0.3, 0.4) is 0 Å². The summed E-state index contributed by atoms with van der Waals surface area (Å²) < 4.78 is 0. The summed E-state index contributed by atoms with van der Waals surface area (Å²) in [7, 11) is 6.85. The Balaban J connectivity index is 1.98. The molecule has 9 heteroatoms. The number of anilines is 1. The number of aliphatic hydroxyl groups is 3. The molecule has 1 aromatic rings. The van der Waals surface area contributed by atoms with E-state index in [0.29, 0.717) is 12.0 Å². The zero-order chi connectivity index (χ0) is 23.7. The number of hydrogen-bond acceptors (Lipinski definition) is 9. The first-order valence-electron chi connectivity index (χ1n) is 10.2. The standard InChI is InChI=1S/C23H25N3O6/c1-25(2)14-5-6-15(27)17-11(14)7-10-8-13-18(26(3)4)19(28)12(9-24)21(30)23(13,32)22(31)16(10)20(17)29/h5-6,10,13,18,27,29-30,32H,7-8H2,1-4H3/t10-,13-,18-,23+/m0/s1. The fraction of sp³-hybridized carbons (Fsp3) is 0.435. The molecule has 0 radical (unpaired) electrons. The Labute approximate surface area is 185 Å². The molecular formula is C23H25N3O6. The SMILES string of the molecule is CN(C)c1ccc(O)c2c1C[C@H]1C[C@H]3[C@H](N(C)C)C(=O)C(C#N)=C(O)[C@@]3(O)C(=O)C1=C2O. The number of fused-ring (bicyclic) bond motifs is 3. The summed E-state index contributed by atoms with van der Waals surface area (Å²) in [5.41, 5.74) is -1.78. The topological polar surface area (TPSA) is 145 Å². The number of Topliss-reactive ketones (excluding diaryl/α,β-unsaturated/α-hetero) is 2. The summed E-state index contributed by atoms with van der Waals surface area (Å²) in [5, 5.41) is 53.1. The molecule has 0 aliphatic heterocycles. The van der Waals surface area contributed by atoms with Gasteiger partial charge >= 0.3 is 0 Å². The van der Waals surface area contributed by atoms with Gasteiger partial charge in [0.25, 0.3) is 0 Å². The zero-order valence-electron chi connectivity index (χ0n) is 18.2. The van der Waals surface area contributed by atoms with Gasteiger partial charge in [0, 0.05) is 31.3 Å². The predicted molar refractivity (Wildman–Crippen MR) is 115 cm³/mol. The van der Waals surface area contributed by atoms with Crippen molar-refractivity contribution in [2.24, 2.45) is 11.8 Å². The van der Waals surface area contributed by atoms with Crippen LogP contribution < -0.4 is 4.90 Å². The Morgan fingerprint density at radius 1 is 1.12 bits per heavy atom. The summed E-state index contributed by atoms with van der Waals surface area (Å²) in [6.45, 7) is 0. The van der Waals surface area contributed by atoms with Gasteiger partial charge < -0.3 is 25.3 Å². The van der Waals surface area contributed by atoms with E-state index in [-0.39, 0.29) is 23.3 Å². The number of benzene rings is 1. The van der Waals surface area contributed by atoms with Crippen LogP contribution in [-0.4, -0.2) is 76.7 Å². The third kappa shape index (κ3) is 2.63. The molecule has 168 valence electrons. The van der Waals surface area contributed by atoms with Crippen LogP contribution in [0, 0.1) is 23.2 Å². The summed E-state index contributed by atoms with van der Waals surface area (Å²) >= 11 is 0. The quantitative estimate of drug-likeness (QED) is 0.531. The monoisotopic (exact) mass is 439 g/mol. The first-order valence-corrected chi connectivity index (χ1v) is 10.2. The molecule has 0 aromatic heterocycles. The maximum atomic E-state index is 13.6. The molecule has 4 N–H and O–H groups in total. The maximum absolute atomic E-state index is 13.6. The first-order chi connectivity index (χ1) is 15.0. The normalized spacial score (nSPS) is 29.5. The third-order valence-electron chi connectivity index (χ3n) is 6.93. The molecule has 4 rings (SSSR count). The highest BCUT2D eigenvalue weighted by atomic mass is 16.3. The lowest BCUT2D eigenvalue weighted by atomic mass is 9.57. The largest absolute Gasteiger partial charge is 0.507 e. The molecule has 0 spiro atoms. The van der Waals surface area contributed by atoms with Crippen molar-refractivity contribution in [3.8, 4) is 11.8 Å². The molecule has 0 bridgehead atoms. The van der Waals surface area contributed by atoms with Gasteiger partial charge in [0.2, 0.25) is 5.78 Å². The average molecular weight is 439 g/mol. The second kappa shape index (κ2) is 7.08. The number of carbonyl (C=O) groups is 2. The van der Waals surface area contributed by atoms with Crippen molar-refractivity contribution in [2.75, 3.05) is 33.1 Å². The minimum atomic E-state index is -2.53.